The number of aromatic nitrogens is 3. The first kappa shape index (κ1) is 9.39. The summed E-state index contributed by atoms with van der Waals surface area (Å²) in [5, 5.41) is 7.81. The molecule has 0 radical (unpaired) electrons. The average molecular weight is 163 g/mol. The van der Waals surface area contributed by atoms with Crippen molar-refractivity contribution in [2.75, 3.05) is 6.54 Å². The predicted octanol–water partition coefficient (Wildman–Crippen LogP) is 0.0487. The van der Waals surface area contributed by atoms with Gasteiger partial charge in [-0.2, -0.15) is 15.0 Å². The third-order valence-electron chi connectivity index (χ3n) is 1.03. The number of nitrogens with zero attached hydrogens (tertiary/aromatic N) is 3. The van der Waals surface area contributed by atoms with Crippen molar-refractivity contribution in [3.05, 3.63) is 12.4 Å². The van der Waals surface area contributed by atoms with Gasteiger partial charge in [-0.3, -0.25) is 0 Å². The second-order valence-corrected chi connectivity index (χ2v) is 1.77. The molecule has 0 bridgehead atoms. The molecule has 0 aliphatic heterocycles. The van der Waals surface area contributed by atoms with E-state index in [1.165, 1.54) is 0 Å². The summed E-state index contributed by atoms with van der Waals surface area (Å²) in [6.07, 6.45) is 4.27. The van der Waals surface area contributed by atoms with Gasteiger partial charge >= 0.3 is 0 Å². The number of nitrogens with two attached hydrogens (primary N) is 1. The highest BCUT2D eigenvalue weighted by Crippen LogP contribution is 1.81. The fraction of sp³-hybridized carbons (Fsp3) is 0.600. The summed E-state index contributed by atoms with van der Waals surface area (Å²) in [5.41, 5.74) is 5.28. The second-order valence-electron chi connectivity index (χ2n) is 1.77. The predicted molar refractivity (Wildman–Crippen MR) is 40.9 cm³/mol. The Bertz CT molecular complexity index is 151. The van der Waals surface area contributed by atoms with Gasteiger partial charge in [0.25, 0.3) is 0 Å². The lowest BCUT2D eigenvalue weighted by Gasteiger charge is -1.94. The molecule has 0 aromatic carbocycles. The Morgan fingerprint density at radius 1 is 1.30 bits per heavy atom. The molecule has 1 rings (SSSR count). The first-order chi connectivity index (χ1) is 4.43. The minimum absolute atomic E-state index is 0. The van der Waals surface area contributed by atoms with Crippen molar-refractivity contribution >= 4 is 12.4 Å². The zero-order valence-corrected chi connectivity index (χ0v) is 6.42. The van der Waals surface area contributed by atoms with E-state index in [1.54, 1.807) is 17.2 Å². The van der Waals surface area contributed by atoms with Crippen LogP contribution in [0.1, 0.15) is 6.42 Å². The van der Waals surface area contributed by atoms with Crippen LogP contribution in [0.2, 0.25) is 0 Å². The first-order valence-corrected chi connectivity index (χ1v) is 2.97. The Labute approximate surface area is 65.8 Å². The number of aryl methyl sites for hydroxylation is 1. The summed E-state index contributed by atoms with van der Waals surface area (Å²) in [6, 6.07) is 0. The standard InChI is InChI=1S/C5H10N4.ClH/c6-2-1-5-9-7-3-4-8-9;/h3-4H,1-2,5-6H2;1H. The van der Waals surface area contributed by atoms with Gasteiger partial charge in [0.15, 0.2) is 0 Å². The van der Waals surface area contributed by atoms with Crippen LogP contribution in [0.5, 0.6) is 0 Å². The molecule has 0 spiro atoms. The first-order valence-electron chi connectivity index (χ1n) is 2.97. The van der Waals surface area contributed by atoms with Crippen LogP contribution in [0.25, 0.3) is 0 Å². The summed E-state index contributed by atoms with van der Waals surface area (Å²) >= 11 is 0. The molecular weight excluding hydrogens is 152 g/mol. The third kappa shape index (κ3) is 2.80. The van der Waals surface area contributed by atoms with Crippen LogP contribution in [0.4, 0.5) is 0 Å². The average Bonchev–Trinajstić information content (AvgIpc) is 2.34. The van der Waals surface area contributed by atoms with E-state index >= 15 is 0 Å². The molecule has 0 fully saturated rings. The molecule has 1 aromatic heterocycles. The van der Waals surface area contributed by atoms with Crippen LogP contribution in [0.3, 0.4) is 0 Å². The molecule has 5 heteroatoms. The molecule has 0 unspecified atom stereocenters. The van der Waals surface area contributed by atoms with Crippen molar-refractivity contribution in [1.82, 2.24) is 15.0 Å². The number of halogens is 1. The summed E-state index contributed by atoms with van der Waals surface area (Å²) in [5.74, 6) is 0. The van der Waals surface area contributed by atoms with Gasteiger partial charge in [0, 0.05) is 0 Å². The Balaban J connectivity index is 0.000000810. The van der Waals surface area contributed by atoms with Crippen LogP contribution in [-0.4, -0.2) is 21.5 Å². The van der Waals surface area contributed by atoms with E-state index in [-0.39, 0.29) is 12.4 Å². The van der Waals surface area contributed by atoms with Crippen molar-refractivity contribution in [2.45, 2.75) is 13.0 Å². The van der Waals surface area contributed by atoms with Gasteiger partial charge in [0.1, 0.15) is 0 Å². The van der Waals surface area contributed by atoms with E-state index in [2.05, 4.69) is 10.2 Å². The highest BCUT2D eigenvalue weighted by Gasteiger charge is 1.87. The smallest absolute Gasteiger partial charge is 0.0693 e. The van der Waals surface area contributed by atoms with Crippen molar-refractivity contribution in [3.8, 4) is 0 Å². The van der Waals surface area contributed by atoms with E-state index in [0.29, 0.717) is 6.54 Å². The lowest BCUT2D eigenvalue weighted by Crippen LogP contribution is -2.07. The lowest BCUT2D eigenvalue weighted by molar-refractivity contribution is 0.517. The van der Waals surface area contributed by atoms with Crippen LogP contribution in [0, 0.1) is 0 Å². The maximum absolute atomic E-state index is 5.28. The molecule has 10 heavy (non-hydrogen) atoms. The van der Waals surface area contributed by atoms with E-state index < -0.39 is 0 Å². The summed E-state index contributed by atoms with van der Waals surface area (Å²) in [6.45, 7) is 1.52. The molecule has 2 N–H and O–H groups in total. The maximum Gasteiger partial charge on any atom is 0.0693 e. The highest BCUT2D eigenvalue weighted by molar-refractivity contribution is 5.85. The van der Waals surface area contributed by atoms with Crippen LogP contribution in [0.15, 0.2) is 12.4 Å². The molecular formula is C5H11ClN4. The molecule has 58 valence electrons. The van der Waals surface area contributed by atoms with Crippen molar-refractivity contribution in [2.24, 2.45) is 5.73 Å². The molecule has 0 saturated carbocycles. The van der Waals surface area contributed by atoms with Crippen LogP contribution < -0.4 is 5.73 Å². The van der Waals surface area contributed by atoms with Gasteiger partial charge in [0.2, 0.25) is 0 Å². The molecule has 1 aromatic rings. The molecule has 4 nitrogen and oxygen atoms in total. The van der Waals surface area contributed by atoms with Gasteiger partial charge in [-0.05, 0) is 13.0 Å². The largest absolute Gasteiger partial charge is 0.330 e. The Hall–Kier alpha value is -0.610. The van der Waals surface area contributed by atoms with Gasteiger partial charge in [-0.25, -0.2) is 0 Å². The minimum Gasteiger partial charge on any atom is -0.330 e. The normalized spacial score (nSPS) is 8.90. The van der Waals surface area contributed by atoms with Crippen molar-refractivity contribution < 1.29 is 0 Å². The molecule has 1 heterocycles. The lowest BCUT2D eigenvalue weighted by atomic mass is 10.4. The quantitative estimate of drug-likeness (QED) is 0.684. The minimum atomic E-state index is 0. The van der Waals surface area contributed by atoms with Crippen LogP contribution >= 0.6 is 12.4 Å². The van der Waals surface area contributed by atoms with E-state index in [0.717, 1.165) is 13.0 Å². The topological polar surface area (TPSA) is 56.7 Å². The van der Waals surface area contributed by atoms with Gasteiger partial charge in [-0.1, -0.05) is 0 Å². The summed E-state index contributed by atoms with van der Waals surface area (Å²) in [7, 11) is 0. The maximum atomic E-state index is 5.28. The van der Waals surface area contributed by atoms with Gasteiger partial charge < -0.3 is 5.73 Å². The molecule has 0 atom stereocenters. The zero-order valence-electron chi connectivity index (χ0n) is 5.60. The second kappa shape index (κ2) is 5.20. The van der Waals surface area contributed by atoms with Gasteiger partial charge in [-0.15, -0.1) is 12.4 Å². The van der Waals surface area contributed by atoms with Gasteiger partial charge in [0.05, 0.1) is 18.9 Å². The third-order valence-corrected chi connectivity index (χ3v) is 1.03. The number of rotatable bonds is 3. The van der Waals surface area contributed by atoms with E-state index in [1.807, 2.05) is 0 Å². The molecule has 0 aliphatic rings. The molecule has 0 saturated heterocycles. The number of hydrogen-bond acceptors (Lipinski definition) is 3. The monoisotopic (exact) mass is 162 g/mol. The van der Waals surface area contributed by atoms with Crippen LogP contribution in [-0.2, 0) is 6.54 Å². The number of hydrogen-bond donors (Lipinski definition) is 1. The Morgan fingerprint density at radius 3 is 2.40 bits per heavy atom. The Morgan fingerprint density at radius 2 is 1.90 bits per heavy atom. The van der Waals surface area contributed by atoms with Crippen molar-refractivity contribution in [3.63, 3.8) is 0 Å². The summed E-state index contributed by atoms with van der Waals surface area (Å²) < 4.78 is 0. The van der Waals surface area contributed by atoms with Crippen molar-refractivity contribution in [1.29, 1.82) is 0 Å². The Kier molecular flexibility index (Phi) is 4.88. The van der Waals surface area contributed by atoms with E-state index in [9.17, 15) is 0 Å². The highest BCUT2D eigenvalue weighted by atomic mass is 35.5. The zero-order chi connectivity index (χ0) is 6.53. The summed E-state index contributed by atoms with van der Waals surface area (Å²) in [4.78, 5) is 1.63. The molecule has 0 aliphatic carbocycles. The SMILES string of the molecule is Cl.NCCCn1nccn1. The fourth-order valence-corrected chi connectivity index (χ4v) is 0.592. The van der Waals surface area contributed by atoms with E-state index in [4.69, 9.17) is 5.73 Å². The fourth-order valence-electron chi connectivity index (χ4n) is 0.592. The molecule has 0 amide bonds.